The number of carbonyl (C=O) groups excluding carboxylic acids is 3. The van der Waals surface area contributed by atoms with Gasteiger partial charge in [-0.15, -0.1) is 0 Å². The summed E-state index contributed by atoms with van der Waals surface area (Å²) in [4.78, 5) is 39.2. The lowest BCUT2D eigenvalue weighted by Crippen LogP contribution is -2.51. The van der Waals surface area contributed by atoms with Crippen molar-refractivity contribution in [3.8, 4) is 5.75 Å². The van der Waals surface area contributed by atoms with Crippen LogP contribution in [0.3, 0.4) is 0 Å². The van der Waals surface area contributed by atoms with Gasteiger partial charge in [0.15, 0.2) is 5.78 Å². The lowest BCUT2D eigenvalue weighted by atomic mass is 9.72. The minimum absolute atomic E-state index is 0.0153. The van der Waals surface area contributed by atoms with E-state index in [1.54, 1.807) is 12.1 Å². The average molecular weight is 878 g/mol. The summed E-state index contributed by atoms with van der Waals surface area (Å²) >= 11 is 4.54. The van der Waals surface area contributed by atoms with E-state index in [0.717, 1.165) is 74.1 Å². The van der Waals surface area contributed by atoms with Gasteiger partial charge >= 0.3 is 0 Å². The van der Waals surface area contributed by atoms with Crippen molar-refractivity contribution >= 4 is 79.4 Å². The highest BCUT2D eigenvalue weighted by Gasteiger charge is 2.42. The number of nitrogens with one attached hydrogen (secondary N) is 1. The highest BCUT2D eigenvalue weighted by Crippen LogP contribution is 2.36. The topological polar surface area (TPSA) is 115 Å². The fourth-order valence-corrected chi connectivity index (χ4v) is 8.10. The molecule has 1 aliphatic heterocycles. The van der Waals surface area contributed by atoms with Crippen LogP contribution in [0.1, 0.15) is 87.0 Å². The number of anilines is 1. The summed E-state index contributed by atoms with van der Waals surface area (Å²) in [5.74, 6) is 1.28. The summed E-state index contributed by atoms with van der Waals surface area (Å²) in [6, 6.07) is 19.0. The molecule has 1 unspecified atom stereocenters. The number of ketones is 1. The molecule has 4 aromatic rings. The van der Waals surface area contributed by atoms with Crippen molar-refractivity contribution in [2.45, 2.75) is 71.6 Å². The molecule has 48 heavy (non-hydrogen) atoms. The predicted molar refractivity (Wildman–Crippen MR) is 209 cm³/mol. The maximum Gasteiger partial charge on any atom is 0.237 e. The number of hydrogen-bond donors (Lipinski definition) is 2. The normalized spacial score (nSPS) is 16.1. The van der Waals surface area contributed by atoms with E-state index in [-0.39, 0.29) is 17.6 Å². The van der Waals surface area contributed by atoms with Crippen molar-refractivity contribution in [3.63, 3.8) is 0 Å². The first kappa shape index (κ1) is 37.8. The highest BCUT2D eigenvalue weighted by molar-refractivity contribution is 14.1. The summed E-state index contributed by atoms with van der Waals surface area (Å²) < 4.78 is 14.1. The van der Waals surface area contributed by atoms with E-state index in [1.165, 1.54) is 0 Å². The molecule has 2 heterocycles. The van der Waals surface area contributed by atoms with Crippen LogP contribution in [-0.2, 0) is 21.4 Å². The number of benzene rings is 3. The monoisotopic (exact) mass is 877 g/mol. The van der Waals surface area contributed by atoms with Crippen molar-refractivity contribution in [1.82, 2.24) is 10.2 Å². The first-order valence-corrected chi connectivity index (χ1v) is 18.8. The molecule has 0 saturated carbocycles. The average Bonchev–Trinajstić information content (AvgIpc) is 3.45. The van der Waals surface area contributed by atoms with Crippen LogP contribution in [0.15, 0.2) is 65.1 Å². The Morgan fingerprint density at radius 1 is 1.00 bits per heavy atom. The SMILES string of the molecule is CCC1(c2ccc(N)cc2)CCC(=O)NC1=O.CCCCc1oc2ccccc2c1C(=O)c1cc(I)c(OCCN(CC)CC)c(I)c1. The number of nitrogens with zero attached hydrogens (tertiary/aromatic N) is 1. The number of halogens is 2. The quantitative estimate of drug-likeness (QED) is 0.0602. The lowest BCUT2D eigenvalue weighted by Gasteiger charge is -2.34. The zero-order chi connectivity index (χ0) is 34.8. The standard InChI is InChI=1S/C25H29I2NO3.C13H16N2O2/c1-4-7-11-22-23(18-10-8-9-12-21(18)31-22)24(29)17-15-19(26)25(20(27)16-17)30-14-13-28(5-2)6-3;1-2-13(8-7-11(16)15-12(13)17)9-3-5-10(14)6-4-9/h8-10,12,15-16H,4-7,11,13-14H2,1-3H3;3-6H,2,7-8,14H2,1H3,(H,15,16,17). The van der Waals surface area contributed by atoms with Gasteiger partial charge in [0, 0.05) is 36.0 Å². The van der Waals surface area contributed by atoms with Crippen LogP contribution in [0.5, 0.6) is 5.75 Å². The summed E-state index contributed by atoms with van der Waals surface area (Å²) in [5, 5.41) is 3.32. The molecule has 1 aliphatic rings. The summed E-state index contributed by atoms with van der Waals surface area (Å²) in [7, 11) is 0. The fourth-order valence-electron chi connectivity index (χ4n) is 6.02. The molecule has 8 nitrogen and oxygen atoms in total. The van der Waals surface area contributed by atoms with Gasteiger partial charge in [0.2, 0.25) is 11.8 Å². The van der Waals surface area contributed by atoms with Gasteiger partial charge in [-0.2, -0.15) is 0 Å². The molecule has 1 fully saturated rings. The number of nitrogens with two attached hydrogens (primary N) is 1. The van der Waals surface area contributed by atoms with Gasteiger partial charge in [-0.3, -0.25) is 19.7 Å². The summed E-state index contributed by atoms with van der Waals surface area (Å²) in [6.45, 7) is 12.0. The number of rotatable bonds is 13. The largest absolute Gasteiger partial charge is 0.490 e. The van der Waals surface area contributed by atoms with Crippen LogP contribution in [0.4, 0.5) is 5.69 Å². The molecule has 1 saturated heterocycles. The van der Waals surface area contributed by atoms with Gasteiger partial charge in [0.05, 0.1) is 18.1 Å². The number of ether oxygens (including phenoxy) is 1. The van der Waals surface area contributed by atoms with Crippen LogP contribution >= 0.6 is 45.2 Å². The molecule has 5 rings (SSSR count). The van der Waals surface area contributed by atoms with Gasteiger partial charge < -0.3 is 19.8 Å². The first-order valence-electron chi connectivity index (χ1n) is 16.7. The van der Waals surface area contributed by atoms with E-state index < -0.39 is 5.41 Å². The van der Waals surface area contributed by atoms with Crippen molar-refractivity contribution in [2.75, 3.05) is 32.0 Å². The number of furan rings is 1. The van der Waals surface area contributed by atoms with E-state index in [4.69, 9.17) is 14.9 Å². The highest BCUT2D eigenvalue weighted by atomic mass is 127. The second kappa shape index (κ2) is 17.6. The molecular formula is C38H45I2N3O5. The van der Waals surface area contributed by atoms with E-state index in [0.29, 0.717) is 42.7 Å². The minimum atomic E-state index is -0.582. The molecule has 3 N–H and O–H groups in total. The first-order chi connectivity index (χ1) is 23.1. The Hall–Kier alpha value is -2.97. The molecule has 256 valence electrons. The maximum atomic E-state index is 13.6. The number of nitrogen functional groups attached to an aromatic ring is 1. The third kappa shape index (κ3) is 8.78. The number of aryl methyl sites for hydroxylation is 1. The van der Waals surface area contributed by atoms with Crippen LogP contribution in [0.25, 0.3) is 11.0 Å². The van der Waals surface area contributed by atoms with Gasteiger partial charge in [-0.25, -0.2) is 0 Å². The molecule has 1 atom stereocenters. The van der Waals surface area contributed by atoms with Gasteiger partial charge in [0.1, 0.15) is 23.7 Å². The Morgan fingerprint density at radius 3 is 2.27 bits per heavy atom. The smallest absolute Gasteiger partial charge is 0.237 e. The van der Waals surface area contributed by atoms with E-state index >= 15 is 0 Å². The van der Waals surface area contributed by atoms with Crippen molar-refractivity contribution < 1.29 is 23.5 Å². The molecule has 0 bridgehead atoms. The summed E-state index contributed by atoms with van der Waals surface area (Å²) in [6.07, 6.45) is 4.46. The third-order valence-electron chi connectivity index (χ3n) is 8.99. The molecule has 0 aliphatic carbocycles. The fraction of sp³-hybridized carbons (Fsp3) is 0.395. The third-order valence-corrected chi connectivity index (χ3v) is 10.6. The molecule has 0 spiro atoms. The maximum absolute atomic E-state index is 13.6. The molecule has 10 heteroatoms. The van der Waals surface area contributed by atoms with Gasteiger partial charge in [-0.1, -0.05) is 64.4 Å². The Balaban J connectivity index is 0.000000257. The number of piperidine rings is 1. The second-order valence-electron chi connectivity index (χ2n) is 11.9. The number of likely N-dealkylation sites (N-methyl/N-ethyl adjacent to an activating group) is 1. The van der Waals surface area contributed by atoms with Crippen molar-refractivity contribution in [1.29, 1.82) is 0 Å². The molecular weight excluding hydrogens is 832 g/mol. The number of fused-ring (bicyclic) bond motifs is 1. The number of amides is 2. The Morgan fingerprint density at radius 2 is 1.67 bits per heavy atom. The van der Waals surface area contributed by atoms with Crippen LogP contribution in [0, 0.1) is 7.14 Å². The van der Waals surface area contributed by atoms with Gasteiger partial charge in [-0.05, 0) is 113 Å². The Labute approximate surface area is 310 Å². The van der Waals surface area contributed by atoms with Crippen molar-refractivity contribution in [3.05, 3.63) is 90.3 Å². The lowest BCUT2D eigenvalue weighted by molar-refractivity contribution is -0.138. The number of carbonyl (C=O) groups is 3. The molecule has 1 aromatic heterocycles. The number of imide groups is 1. The summed E-state index contributed by atoms with van der Waals surface area (Å²) in [5.41, 5.74) is 8.82. The number of unbranched alkanes of at least 4 members (excludes halogenated alkanes) is 1. The second-order valence-corrected chi connectivity index (χ2v) is 14.2. The van der Waals surface area contributed by atoms with Crippen LogP contribution < -0.4 is 15.8 Å². The Bertz CT molecular complexity index is 1710. The number of para-hydroxylation sites is 1. The zero-order valence-corrected chi connectivity index (χ0v) is 32.5. The predicted octanol–water partition coefficient (Wildman–Crippen LogP) is 8.29. The van der Waals surface area contributed by atoms with Crippen molar-refractivity contribution in [2.24, 2.45) is 0 Å². The minimum Gasteiger partial charge on any atom is -0.490 e. The van der Waals surface area contributed by atoms with Crippen LogP contribution in [0.2, 0.25) is 0 Å². The Kier molecular flexibility index (Phi) is 13.9. The van der Waals surface area contributed by atoms with Gasteiger partial charge in [0.25, 0.3) is 0 Å². The van der Waals surface area contributed by atoms with E-state index in [2.05, 4.69) is 76.2 Å². The number of hydrogen-bond acceptors (Lipinski definition) is 7. The van der Waals surface area contributed by atoms with E-state index in [9.17, 15) is 14.4 Å². The van der Waals surface area contributed by atoms with Crippen LogP contribution in [-0.4, -0.2) is 48.7 Å². The molecule has 2 amide bonds. The molecule has 3 aromatic carbocycles. The zero-order valence-electron chi connectivity index (χ0n) is 28.2. The van der Waals surface area contributed by atoms with E-state index in [1.807, 2.05) is 55.5 Å². The molecule has 0 radical (unpaired) electrons.